The minimum atomic E-state index is -1.20. The largest absolute Gasteiger partial charge is 0.478 e. The standard InChI is InChI=1S/C13H12BFN2O3/c1-17-6-8(13(19)20)11(5-12(17)18)16-10-3-2-7(14)4-9(10)15/h2-6,16H,14H2,1H3,(H,19,20). The van der Waals surface area contributed by atoms with Gasteiger partial charge in [0.2, 0.25) is 0 Å². The molecule has 0 unspecified atom stereocenters. The molecule has 1 heterocycles. The van der Waals surface area contributed by atoms with Crippen LogP contribution in [-0.2, 0) is 7.05 Å². The maximum atomic E-state index is 13.8. The lowest BCUT2D eigenvalue weighted by Gasteiger charge is -2.11. The van der Waals surface area contributed by atoms with Gasteiger partial charge in [-0.2, -0.15) is 0 Å². The third kappa shape index (κ3) is 2.71. The van der Waals surface area contributed by atoms with E-state index in [2.05, 4.69) is 5.32 Å². The van der Waals surface area contributed by atoms with Crippen molar-refractivity contribution in [3.63, 3.8) is 0 Å². The molecule has 2 aromatic rings. The van der Waals surface area contributed by atoms with E-state index in [0.717, 1.165) is 16.1 Å². The van der Waals surface area contributed by atoms with Crippen LogP contribution in [0.5, 0.6) is 0 Å². The SMILES string of the molecule is Bc1ccc(Nc2cc(=O)n(C)cc2C(=O)O)c(F)c1. The lowest BCUT2D eigenvalue weighted by Crippen LogP contribution is -2.19. The molecule has 0 saturated carbocycles. The number of hydrogen-bond donors (Lipinski definition) is 2. The fraction of sp³-hybridized carbons (Fsp3) is 0.0769. The molecule has 2 rings (SSSR count). The van der Waals surface area contributed by atoms with Crippen molar-refractivity contribution in [3.05, 3.63) is 52.2 Å². The van der Waals surface area contributed by atoms with Crippen molar-refractivity contribution in [2.45, 2.75) is 0 Å². The van der Waals surface area contributed by atoms with Crippen molar-refractivity contribution in [3.8, 4) is 0 Å². The summed E-state index contributed by atoms with van der Waals surface area (Å²) < 4.78 is 14.9. The Bertz CT molecular complexity index is 743. The molecule has 20 heavy (non-hydrogen) atoms. The molecule has 2 N–H and O–H groups in total. The second kappa shape index (κ2) is 5.20. The summed E-state index contributed by atoms with van der Waals surface area (Å²) in [7, 11) is 3.19. The molecule has 0 fully saturated rings. The monoisotopic (exact) mass is 274 g/mol. The molecule has 1 aromatic carbocycles. The molecule has 0 spiro atoms. The van der Waals surface area contributed by atoms with Gasteiger partial charge in [0.15, 0.2) is 0 Å². The lowest BCUT2D eigenvalue weighted by molar-refractivity contribution is 0.0697. The number of aromatic nitrogens is 1. The van der Waals surface area contributed by atoms with Crippen molar-refractivity contribution >= 4 is 30.7 Å². The van der Waals surface area contributed by atoms with Crippen molar-refractivity contribution in [1.29, 1.82) is 0 Å². The number of anilines is 2. The second-order valence-corrected chi connectivity index (χ2v) is 4.46. The Morgan fingerprint density at radius 1 is 1.35 bits per heavy atom. The number of benzene rings is 1. The summed E-state index contributed by atoms with van der Waals surface area (Å²) in [6.45, 7) is 0. The molecule has 0 bridgehead atoms. The van der Waals surface area contributed by atoms with Gasteiger partial charge >= 0.3 is 5.97 Å². The Kier molecular flexibility index (Phi) is 3.60. The number of nitrogens with one attached hydrogen (secondary N) is 1. The number of aromatic carboxylic acids is 1. The summed E-state index contributed by atoms with van der Waals surface area (Å²) in [6.07, 6.45) is 1.19. The van der Waals surface area contributed by atoms with Crippen LogP contribution in [0.25, 0.3) is 0 Å². The van der Waals surface area contributed by atoms with Gasteiger partial charge in [-0.05, 0) is 12.1 Å². The van der Waals surface area contributed by atoms with Crippen LogP contribution in [-0.4, -0.2) is 23.5 Å². The van der Waals surface area contributed by atoms with Gasteiger partial charge in [0.25, 0.3) is 5.56 Å². The Morgan fingerprint density at radius 2 is 2.05 bits per heavy atom. The molecule has 0 radical (unpaired) electrons. The second-order valence-electron chi connectivity index (χ2n) is 4.46. The van der Waals surface area contributed by atoms with Gasteiger partial charge in [-0.25, -0.2) is 9.18 Å². The third-order valence-corrected chi connectivity index (χ3v) is 2.85. The first kappa shape index (κ1) is 13.9. The molecular weight excluding hydrogens is 262 g/mol. The molecular formula is C13H12BFN2O3. The van der Waals surface area contributed by atoms with Crippen molar-refractivity contribution in [2.24, 2.45) is 7.05 Å². The zero-order valence-electron chi connectivity index (χ0n) is 11.0. The highest BCUT2D eigenvalue weighted by molar-refractivity contribution is 6.32. The fourth-order valence-corrected chi connectivity index (χ4v) is 1.77. The molecule has 1 aromatic heterocycles. The number of carboxylic acids is 1. The first-order chi connectivity index (χ1) is 9.38. The first-order valence-corrected chi connectivity index (χ1v) is 5.85. The van der Waals surface area contributed by atoms with Gasteiger partial charge in [-0.1, -0.05) is 11.5 Å². The van der Waals surface area contributed by atoms with Crippen LogP contribution in [0, 0.1) is 5.82 Å². The predicted molar refractivity (Wildman–Crippen MR) is 76.5 cm³/mol. The van der Waals surface area contributed by atoms with Crippen LogP contribution in [0.2, 0.25) is 0 Å². The van der Waals surface area contributed by atoms with E-state index in [1.54, 1.807) is 13.9 Å². The Labute approximate surface area is 115 Å². The molecule has 0 atom stereocenters. The summed E-state index contributed by atoms with van der Waals surface area (Å²) in [5.41, 5.74) is 0.433. The predicted octanol–water partition coefficient (Wildman–Crippen LogP) is 0.225. The molecule has 0 aliphatic rings. The Hall–Kier alpha value is -2.57. The number of rotatable bonds is 3. The highest BCUT2D eigenvalue weighted by Gasteiger charge is 2.13. The number of nitrogens with zero attached hydrogens (tertiary/aromatic N) is 1. The normalized spacial score (nSPS) is 10.3. The summed E-state index contributed by atoms with van der Waals surface area (Å²) in [5, 5.41) is 11.8. The number of halogens is 1. The fourth-order valence-electron chi connectivity index (χ4n) is 1.77. The van der Waals surface area contributed by atoms with E-state index < -0.39 is 11.8 Å². The maximum absolute atomic E-state index is 13.8. The number of carbonyl (C=O) groups is 1. The van der Waals surface area contributed by atoms with E-state index in [9.17, 15) is 14.0 Å². The van der Waals surface area contributed by atoms with Crippen molar-refractivity contribution in [2.75, 3.05) is 5.32 Å². The average molecular weight is 274 g/mol. The number of aryl methyl sites for hydroxylation is 1. The van der Waals surface area contributed by atoms with Crippen LogP contribution in [0.15, 0.2) is 35.3 Å². The van der Waals surface area contributed by atoms with E-state index in [1.165, 1.54) is 25.4 Å². The van der Waals surface area contributed by atoms with Gasteiger partial charge in [-0.3, -0.25) is 4.79 Å². The van der Waals surface area contributed by atoms with Crippen LogP contribution < -0.4 is 16.3 Å². The molecule has 0 amide bonds. The highest BCUT2D eigenvalue weighted by Crippen LogP contribution is 2.21. The van der Waals surface area contributed by atoms with Gasteiger partial charge in [0.1, 0.15) is 13.7 Å². The molecule has 5 nitrogen and oxygen atoms in total. The first-order valence-electron chi connectivity index (χ1n) is 5.85. The average Bonchev–Trinajstić information content (AvgIpc) is 2.36. The highest BCUT2D eigenvalue weighted by atomic mass is 19.1. The Morgan fingerprint density at radius 3 is 2.65 bits per heavy atom. The number of pyridine rings is 1. The quantitative estimate of drug-likeness (QED) is 0.786. The van der Waals surface area contributed by atoms with Gasteiger partial charge in [0, 0.05) is 19.3 Å². The molecule has 0 saturated heterocycles. The van der Waals surface area contributed by atoms with E-state index in [1.807, 2.05) is 0 Å². The third-order valence-electron chi connectivity index (χ3n) is 2.85. The lowest BCUT2D eigenvalue weighted by atomic mass is 9.96. The van der Waals surface area contributed by atoms with Crippen LogP contribution in [0.4, 0.5) is 15.8 Å². The maximum Gasteiger partial charge on any atom is 0.339 e. The van der Waals surface area contributed by atoms with Gasteiger partial charge in [-0.15, -0.1) is 0 Å². The van der Waals surface area contributed by atoms with Crippen molar-refractivity contribution in [1.82, 2.24) is 4.57 Å². The van der Waals surface area contributed by atoms with E-state index in [0.29, 0.717) is 0 Å². The smallest absolute Gasteiger partial charge is 0.339 e. The molecule has 0 aliphatic carbocycles. The van der Waals surface area contributed by atoms with Crippen LogP contribution >= 0.6 is 0 Å². The van der Waals surface area contributed by atoms with Crippen LogP contribution in [0.1, 0.15) is 10.4 Å². The zero-order valence-corrected chi connectivity index (χ0v) is 11.0. The van der Waals surface area contributed by atoms with E-state index in [4.69, 9.17) is 5.11 Å². The van der Waals surface area contributed by atoms with Crippen molar-refractivity contribution < 1.29 is 14.3 Å². The van der Waals surface area contributed by atoms with E-state index in [-0.39, 0.29) is 22.5 Å². The van der Waals surface area contributed by atoms with Gasteiger partial charge in [0.05, 0.1) is 16.9 Å². The summed E-state index contributed by atoms with van der Waals surface area (Å²) in [4.78, 5) is 22.7. The molecule has 0 aliphatic heterocycles. The molecule has 7 heteroatoms. The number of hydrogen-bond acceptors (Lipinski definition) is 3. The Balaban J connectivity index is 2.50. The summed E-state index contributed by atoms with van der Waals surface area (Å²) in [6, 6.07) is 5.63. The van der Waals surface area contributed by atoms with Gasteiger partial charge < -0.3 is 15.0 Å². The number of carboxylic acid groups (broad SMARTS) is 1. The topological polar surface area (TPSA) is 71.3 Å². The minimum Gasteiger partial charge on any atom is -0.478 e. The van der Waals surface area contributed by atoms with Crippen LogP contribution in [0.3, 0.4) is 0 Å². The zero-order chi connectivity index (χ0) is 14.9. The minimum absolute atomic E-state index is 0.0587. The summed E-state index contributed by atoms with van der Waals surface area (Å²) in [5.74, 6) is -1.71. The summed E-state index contributed by atoms with van der Waals surface area (Å²) >= 11 is 0. The molecule has 102 valence electrons. The van der Waals surface area contributed by atoms with E-state index >= 15 is 0 Å².